The summed E-state index contributed by atoms with van der Waals surface area (Å²) in [5.41, 5.74) is 1.71. The summed E-state index contributed by atoms with van der Waals surface area (Å²) in [4.78, 5) is 12.0. The molecule has 0 unspecified atom stereocenters. The highest BCUT2D eigenvalue weighted by Gasteiger charge is 2.08. The average molecular weight is 379 g/mol. The Bertz CT molecular complexity index is 677. The highest BCUT2D eigenvalue weighted by atomic mass is 79.9. The van der Waals surface area contributed by atoms with Gasteiger partial charge in [0.2, 0.25) is 0 Å². The van der Waals surface area contributed by atoms with Crippen molar-refractivity contribution in [2.24, 2.45) is 0 Å². The minimum atomic E-state index is -0.286. The number of urea groups is 1. The van der Waals surface area contributed by atoms with Crippen LogP contribution in [0, 0.1) is 0 Å². The minimum absolute atomic E-state index is 0.286. The lowest BCUT2D eigenvalue weighted by molar-refractivity contribution is 0.252. The fourth-order valence-electron chi connectivity index (χ4n) is 2.09. The first-order chi connectivity index (χ1) is 11.1. The summed E-state index contributed by atoms with van der Waals surface area (Å²) in [7, 11) is 3.13. The molecule has 2 amide bonds. The van der Waals surface area contributed by atoms with E-state index < -0.39 is 0 Å². The molecule has 0 fully saturated rings. The second-order valence-electron chi connectivity index (χ2n) is 4.83. The molecule has 0 aromatic heterocycles. The zero-order valence-electron chi connectivity index (χ0n) is 13.1. The van der Waals surface area contributed by atoms with Gasteiger partial charge < -0.3 is 20.1 Å². The number of carbonyl (C=O) groups is 1. The lowest BCUT2D eigenvalue weighted by atomic mass is 10.1. The van der Waals surface area contributed by atoms with Gasteiger partial charge in [0.1, 0.15) is 11.5 Å². The largest absolute Gasteiger partial charge is 0.497 e. The number of anilines is 1. The van der Waals surface area contributed by atoms with Crippen LogP contribution in [-0.4, -0.2) is 26.8 Å². The van der Waals surface area contributed by atoms with Crippen LogP contribution >= 0.6 is 15.9 Å². The Hall–Kier alpha value is -2.21. The van der Waals surface area contributed by atoms with Crippen molar-refractivity contribution in [1.82, 2.24) is 5.32 Å². The summed E-state index contributed by atoms with van der Waals surface area (Å²) in [5.74, 6) is 1.23. The highest BCUT2D eigenvalue weighted by molar-refractivity contribution is 9.10. The molecule has 0 radical (unpaired) electrons. The van der Waals surface area contributed by atoms with Gasteiger partial charge in [-0.15, -0.1) is 0 Å². The van der Waals surface area contributed by atoms with Crippen LogP contribution in [0.4, 0.5) is 10.5 Å². The molecule has 0 spiro atoms. The third kappa shape index (κ3) is 5.17. The standard InChI is InChI=1S/C17H19BrN2O3/c1-22-14-6-7-16(23-2)15(11-14)20-17(21)19-9-8-12-4-3-5-13(18)10-12/h3-7,10-11H,8-9H2,1-2H3,(H2,19,20,21). The van der Waals surface area contributed by atoms with Gasteiger partial charge in [0.25, 0.3) is 0 Å². The average Bonchev–Trinajstić information content (AvgIpc) is 2.55. The number of nitrogens with one attached hydrogen (secondary N) is 2. The molecule has 0 atom stereocenters. The summed E-state index contributed by atoms with van der Waals surface area (Å²) < 4.78 is 11.4. The van der Waals surface area contributed by atoms with Gasteiger partial charge in [0.05, 0.1) is 19.9 Å². The zero-order chi connectivity index (χ0) is 16.7. The van der Waals surface area contributed by atoms with Crippen molar-refractivity contribution in [3.05, 3.63) is 52.5 Å². The second-order valence-corrected chi connectivity index (χ2v) is 5.74. The van der Waals surface area contributed by atoms with Crippen LogP contribution in [0.1, 0.15) is 5.56 Å². The predicted octanol–water partition coefficient (Wildman–Crippen LogP) is 3.83. The quantitative estimate of drug-likeness (QED) is 0.802. The van der Waals surface area contributed by atoms with E-state index in [2.05, 4.69) is 26.6 Å². The van der Waals surface area contributed by atoms with Crippen LogP contribution in [-0.2, 0) is 6.42 Å². The van der Waals surface area contributed by atoms with Crippen molar-refractivity contribution in [3.63, 3.8) is 0 Å². The number of rotatable bonds is 6. The molecule has 0 bridgehead atoms. The predicted molar refractivity (Wildman–Crippen MR) is 94.4 cm³/mol. The first-order valence-corrected chi connectivity index (χ1v) is 7.93. The minimum Gasteiger partial charge on any atom is -0.497 e. The van der Waals surface area contributed by atoms with Crippen LogP contribution in [0.2, 0.25) is 0 Å². The monoisotopic (exact) mass is 378 g/mol. The van der Waals surface area contributed by atoms with Crippen LogP contribution in [0.3, 0.4) is 0 Å². The fraction of sp³-hybridized carbons (Fsp3) is 0.235. The Morgan fingerprint density at radius 2 is 1.96 bits per heavy atom. The molecule has 2 aromatic rings. The van der Waals surface area contributed by atoms with E-state index >= 15 is 0 Å². The molecule has 2 aromatic carbocycles. The van der Waals surface area contributed by atoms with Gasteiger partial charge in [-0.25, -0.2) is 4.79 Å². The maximum Gasteiger partial charge on any atom is 0.319 e. The summed E-state index contributed by atoms with van der Waals surface area (Å²) >= 11 is 3.43. The lowest BCUT2D eigenvalue weighted by Gasteiger charge is -2.12. The normalized spacial score (nSPS) is 10.0. The molecule has 0 aliphatic heterocycles. The zero-order valence-corrected chi connectivity index (χ0v) is 14.6. The van der Waals surface area contributed by atoms with E-state index in [1.54, 1.807) is 32.4 Å². The molecule has 6 heteroatoms. The number of methoxy groups -OCH3 is 2. The molecular formula is C17H19BrN2O3. The van der Waals surface area contributed by atoms with Crippen molar-refractivity contribution in [2.75, 3.05) is 26.1 Å². The van der Waals surface area contributed by atoms with Crippen molar-refractivity contribution >= 4 is 27.6 Å². The maximum atomic E-state index is 12.0. The molecule has 5 nitrogen and oxygen atoms in total. The van der Waals surface area contributed by atoms with Gasteiger partial charge in [0, 0.05) is 17.1 Å². The Morgan fingerprint density at radius 1 is 1.13 bits per heavy atom. The number of benzene rings is 2. The fourth-order valence-corrected chi connectivity index (χ4v) is 2.54. The smallest absolute Gasteiger partial charge is 0.319 e. The van der Waals surface area contributed by atoms with Crippen LogP contribution in [0.15, 0.2) is 46.9 Å². The molecule has 122 valence electrons. The summed E-state index contributed by atoms with van der Waals surface area (Å²) in [6.45, 7) is 0.536. The first kappa shape index (κ1) is 17.1. The summed E-state index contributed by atoms with van der Waals surface area (Å²) in [6, 6.07) is 12.9. The number of carbonyl (C=O) groups excluding carboxylic acids is 1. The van der Waals surface area contributed by atoms with E-state index in [1.807, 2.05) is 24.3 Å². The Kier molecular flexibility index (Phi) is 6.29. The van der Waals surface area contributed by atoms with Crippen molar-refractivity contribution < 1.29 is 14.3 Å². The van der Waals surface area contributed by atoms with E-state index in [9.17, 15) is 4.79 Å². The van der Waals surface area contributed by atoms with Crippen molar-refractivity contribution in [1.29, 1.82) is 0 Å². The maximum absolute atomic E-state index is 12.0. The van der Waals surface area contributed by atoms with Gasteiger partial charge in [0.15, 0.2) is 0 Å². The van der Waals surface area contributed by atoms with Crippen LogP contribution < -0.4 is 20.1 Å². The van der Waals surface area contributed by atoms with E-state index in [4.69, 9.17) is 9.47 Å². The van der Waals surface area contributed by atoms with Gasteiger partial charge in [-0.1, -0.05) is 28.1 Å². The molecule has 2 rings (SSSR count). The van der Waals surface area contributed by atoms with Crippen molar-refractivity contribution in [2.45, 2.75) is 6.42 Å². The third-order valence-corrected chi connectivity index (χ3v) is 3.74. The lowest BCUT2D eigenvalue weighted by Crippen LogP contribution is -2.30. The molecular weight excluding hydrogens is 360 g/mol. The second kappa shape index (κ2) is 8.43. The number of ether oxygens (including phenoxy) is 2. The van der Waals surface area contributed by atoms with Crippen LogP contribution in [0.5, 0.6) is 11.5 Å². The van der Waals surface area contributed by atoms with Gasteiger partial charge in [-0.3, -0.25) is 0 Å². The molecule has 0 saturated carbocycles. The molecule has 0 aliphatic rings. The van der Waals surface area contributed by atoms with E-state index in [0.717, 1.165) is 16.5 Å². The highest BCUT2D eigenvalue weighted by Crippen LogP contribution is 2.28. The SMILES string of the molecule is COc1ccc(OC)c(NC(=O)NCCc2cccc(Br)c2)c1. The van der Waals surface area contributed by atoms with Gasteiger partial charge in [-0.2, -0.15) is 0 Å². The summed E-state index contributed by atoms with van der Waals surface area (Å²) in [6.07, 6.45) is 0.752. The summed E-state index contributed by atoms with van der Waals surface area (Å²) in [5, 5.41) is 5.60. The van der Waals surface area contributed by atoms with E-state index in [0.29, 0.717) is 23.7 Å². The molecule has 2 N–H and O–H groups in total. The Morgan fingerprint density at radius 3 is 2.65 bits per heavy atom. The number of halogens is 1. The molecule has 0 aliphatic carbocycles. The third-order valence-electron chi connectivity index (χ3n) is 3.24. The number of amides is 2. The molecule has 23 heavy (non-hydrogen) atoms. The van der Waals surface area contributed by atoms with E-state index in [-0.39, 0.29) is 6.03 Å². The van der Waals surface area contributed by atoms with Gasteiger partial charge >= 0.3 is 6.03 Å². The Labute approximate surface area is 144 Å². The topological polar surface area (TPSA) is 59.6 Å². The molecule has 0 heterocycles. The van der Waals surface area contributed by atoms with Crippen LogP contribution in [0.25, 0.3) is 0 Å². The van der Waals surface area contributed by atoms with E-state index in [1.165, 1.54) is 0 Å². The number of hydrogen-bond acceptors (Lipinski definition) is 3. The Balaban J connectivity index is 1.89. The molecule has 0 saturated heterocycles. The van der Waals surface area contributed by atoms with Gasteiger partial charge in [-0.05, 0) is 36.2 Å². The first-order valence-electron chi connectivity index (χ1n) is 7.13. The van der Waals surface area contributed by atoms with Crippen molar-refractivity contribution in [3.8, 4) is 11.5 Å². The number of hydrogen-bond donors (Lipinski definition) is 2.